The molecule has 0 bridgehead atoms. The molecule has 6 nitrogen and oxygen atoms in total. The van der Waals surface area contributed by atoms with E-state index in [1.54, 1.807) is 0 Å². The number of amides is 1. The summed E-state index contributed by atoms with van der Waals surface area (Å²) in [4.78, 5) is 22.5. The zero-order chi connectivity index (χ0) is 12.8. The van der Waals surface area contributed by atoms with Crippen LogP contribution in [-0.4, -0.2) is 48.8 Å². The van der Waals surface area contributed by atoms with E-state index in [1.807, 2.05) is 13.8 Å². The molecule has 98 valence electrons. The van der Waals surface area contributed by atoms with Crippen LogP contribution in [0.1, 0.15) is 20.3 Å². The number of hydrogen-bond acceptors (Lipinski definition) is 4. The standard InChI is InChI=1S/C11H20N2O4/c1-7(2)8(5-10(14)15)13-11(16)9-6-17-4-3-12-9/h7-9,12H,3-6H2,1-2H3,(H,13,16)(H,14,15). The van der Waals surface area contributed by atoms with E-state index in [9.17, 15) is 9.59 Å². The highest BCUT2D eigenvalue weighted by molar-refractivity contribution is 5.82. The van der Waals surface area contributed by atoms with Crippen LogP contribution in [0.25, 0.3) is 0 Å². The van der Waals surface area contributed by atoms with Gasteiger partial charge in [-0.15, -0.1) is 0 Å². The molecule has 0 aliphatic carbocycles. The first-order chi connectivity index (χ1) is 8.00. The van der Waals surface area contributed by atoms with Crippen molar-refractivity contribution in [2.24, 2.45) is 5.92 Å². The van der Waals surface area contributed by atoms with Crippen LogP contribution >= 0.6 is 0 Å². The smallest absolute Gasteiger partial charge is 0.305 e. The molecule has 1 aliphatic heterocycles. The summed E-state index contributed by atoms with van der Waals surface area (Å²) in [6.45, 7) is 5.36. The third-order valence-corrected chi connectivity index (χ3v) is 2.77. The molecule has 1 aliphatic rings. The first-order valence-corrected chi connectivity index (χ1v) is 5.84. The summed E-state index contributed by atoms with van der Waals surface area (Å²) in [6, 6.07) is -0.720. The second-order valence-corrected chi connectivity index (χ2v) is 4.54. The van der Waals surface area contributed by atoms with E-state index in [0.29, 0.717) is 19.8 Å². The van der Waals surface area contributed by atoms with Crippen LogP contribution in [0.3, 0.4) is 0 Å². The van der Waals surface area contributed by atoms with Gasteiger partial charge >= 0.3 is 5.97 Å². The first kappa shape index (κ1) is 13.9. The fourth-order valence-corrected chi connectivity index (χ4v) is 1.66. The molecule has 0 aromatic rings. The number of carboxylic acids is 1. The van der Waals surface area contributed by atoms with Gasteiger partial charge in [-0.25, -0.2) is 0 Å². The second-order valence-electron chi connectivity index (χ2n) is 4.54. The van der Waals surface area contributed by atoms with E-state index in [2.05, 4.69) is 10.6 Å². The quantitative estimate of drug-likeness (QED) is 0.612. The molecule has 1 heterocycles. The Morgan fingerprint density at radius 1 is 1.53 bits per heavy atom. The van der Waals surface area contributed by atoms with E-state index in [1.165, 1.54) is 0 Å². The first-order valence-electron chi connectivity index (χ1n) is 5.84. The summed E-state index contributed by atoms with van der Waals surface area (Å²) in [5.74, 6) is -1.01. The van der Waals surface area contributed by atoms with Crippen molar-refractivity contribution in [1.82, 2.24) is 10.6 Å². The number of carboxylic acid groups (broad SMARTS) is 1. The van der Waals surface area contributed by atoms with Gasteiger partial charge in [0.1, 0.15) is 6.04 Å². The zero-order valence-corrected chi connectivity index (χ0v) is 10.2. The monoisotopic (exact) mass is 244 g/mol. The van der Waals surface area contributed by atoms with Gasteiger partial charge in [0.25, 0.3) is 0 Å². The van der Waals surface area contributed by atoms with E-state index < -0.39 is 5.97 Å². The Bertz CT molecular complexity index is 275. The Morgan fingerprint density at radius 2 is 2.24 bits per heavy atom. The fraction of sp³-hybridized carbons (Fsp3) is 0.818. The summed E-state index contributed by atoms with van der Waals surface area (Å²) in [5, 5.41) is 14.6. The van der Waals surface area contributed by atoms with Gasteiger partial charge < -0.3 is 20.5 Å². The van der Waals surface area contributed by atoms with E-state index in [4.69, 9.17) is 9.84 Å². The molecule has 1 fully saturated rings. The molecule has 6 heteroatoms. The average Bonchev–Trinajstić information content (AvgIpc) is 2.28. The van der Waals surface area contributed by atoms with Crippen LogP contribution in [0.4, 0.5) is 0 Å². The van der Waals surface area contributed by atoms with Crippen molar-refractivity contribution in [3.63, 3.8) is 0 Å². The molecule has 0 saturated carbocycles. The maximum atomic E-state index is 11.8. The van der Waals surface area contributed by atoms with Crippen molar-refractivity contribution >= 4 is 11.9 Å². The lowest BCUT2D eigenvalue weighted by molar-refractivity contribution is -0.138. The van der Waals surface area contributed by atoms with Crippen molar-refractivity contribution in [2.75, 3.05) is 19.8 Å². The van der Waals surface area contributed by atoms with Crippen molar-refractivity contribution in [2.45, 2.75) is 32.4 Å². The van der Waals surface area contributed by atoms with Gasteiger partial charge in [-0.1, -0.05) is 13.8 Å². The molecule has 0 radical (unpaired) electrons. The topological polar surface area (TPSA) is 87.7 Å². The summed E-state index contributed by atoms with van der Waals surface area (Å²) >= 11 is 0. The van der Waals surface area contributed by atoms with Crippen molar-refractivity contribution in [3.05, 3.63) is 0 Å². The molecule has 1 rings (SSSR count). The molecule has 1 amide bonds. The Kier molecular flexibility index (Phi) is 5.37. The molecule has 0 aromatic heterocycles. The van der Waals surface area contributed by atoms with E-state index in [0.717, 1.165) is 0 Å². The molecule has 2 atom stereocenters. The van der Waals surface area contributed by atoms with Crippen LogP contribution in [0.5, 0.6) is 0 Å². The Labute approximate surface area is 101 Å². The predicted molar refractivity (Wildman–Crippen MR) is 61.6 cm³/mol. The normalized spacial score (nSPS) is 22.2. The van der Waals surface area contributed by atoms with Crippen molar-refractivity contribution in [3.8, 4) is 0 Å². The van der Waals surface area contributed by atoms with Crippen molar-refractivity contribution in [1.29, 1.82) is 0 Å². The third kappa shape index (κ3) is 4.70. The predicted octanol–water partition coefficient (Wildman–Crippen LogP) is -0.410. The summed E-state index contributed by atoms with van der Waals surface area (Å²) < 4.78 is 5.19. The fourth-order valence-electron chi connectivity index (χ4n) is 1.66. The lowest BCUT2D eigenvalue weighted by atomic mass is 10.0. The highest BCUT2D eigenvalue weighted by atomic mass is 16.5. The summed E-state index contributed by atoms with van der Waals surface area (Å²) in [5.41, 5.74) is 0. The molecule has 17 heavy (non-hydrogen) atoms. The highest BCUT2D eigenvalue weighted by Crippen LogP contribution is 2.07. The van der Waals surface area contributed by atoms with Crippen LogP contribution in [0.2, 0.25) is 0 Å². The highest BCUT2D eigenvalue weighted by Gasteiger charge is 2.25. The molecule has 2 unspecified atom stereocenters. The molecular weight excluding hydrogens is 224 g/mol. The summed E-state index contributed by atoms with van der Waals surface area (Å²) in [6.07, 6.45) is -0.0585. The number of ether oxygens (including phenoxy) is 1. The number of hydrogen-bond donors (Lipinski definition) is 3. The number of nitrogens with one attached hydrogen (secondary N) is 2. The number of carbonyl (C=O) groups excluding carboxylic acids is 1. The number of aliphatic carboxylic acids is 1. The Morgan fingerprint density at radius 3 is 2.71 bits per heavy atom. The number of rotatable bonds is 5. The lowest BCUT2D eigenvalue weighted by Gasteiger charge is -2.27. The van der Waals surface area contributed by atoms with Gasteiger partial charge in [-0.05, 0) is 5.92 Å². The molecule has 0 aromatic carbocycles. The maximum absolute atomic E-state index is 11.8. The number of carbonyl (C=O) groups is 2. The minimum Gasteiger partial charge on any atom is -0.481 e. The largest absolute Gasteiger partial charge is 0.481 e. The van der Waals surface area contributed by atoms with E-state index >= 15 is 0 Å². The van der Waals surface area contributed by atoms with Gasteiger partial charge in [-0.2, -0.15) is 0 Å². The minimum atomic E-state index is -0.906. The van der Waals surface area contributed by atoms with Crippen LogP contribution < -0.4 is 10.6 Å². The van der Waals surface area contributed by atoms with Crippen molar-refractivity contribution < 1.29 is 19.4 Å². The minimum absolute atomic E-state index is 0.0585. The number of morpholine rings is 1. The van der Waals surface area contributed by atoms with Crippen LogP contribution in [0, 0.1) is 5.92 Å². The van der Waals surface area contributed by atoms with E-state index in [-0.39, 0.29) is 30.3 Å². The van der Waals surface area contributed by atoms with Gasteiger partial charge in [0.05, 0.1) is 19.6 Å². The third-order valence-electron chi connectivity index (χ3n) is 2.77. The van der Waals surface area contributed by atoms with Crippen LogP contribution in [-0.2, 0) is 14.3 Å². The SMILES string of the molecule is CC(C)C(CC(=O)O)NC(=O)C1COCCN1. The Hall–Kier alpha value is -1.14. The zero-order valence-electron chi connectivity index (χ0n) is 10.2. The molecule has 0 spiro atoms. The van der Waals surface area contributed by atoms with Crippen LogP contribution in [0.15, 0.2) is 0 Å². The average molecular weight is 244 g/mol. The van der Waals surface area contributed by atoms with Gasteiger partial charge in [0.15, 0.2) is 0 Å². The van der Waals surface area contributed by atoms with Gasteiger partial charge in [0.2, 0.25) is 5.91 Å². The van der Waals surface area contributed by atoms with Gasteiger partial charge in [-0.3, -0.25) is 9.59 Å². The molecule has 3 N–H and O–H groups in total. The summed E-state index contributed by atoms with van der Waals surface area (Å²) in [7, 11) is 0. The second kappa shape index (κ2) is 6.56. The van der Waals surface area contributed by atoms with Gasteiger partial charge in [0, 0.05) is 12.6 Å². The molecular formula is C11H20N2O4. The maximum Gasteiger partial charge on any atom is 0.305 e. The Balaban J connectivity index is 2.47. The molecule has 1 saturated heterocycles. The lowest BCUT2D eigenvalue weighted by Crippen LogP contribution is -2.54.